The molecule has 0 radical (unpaired) electrons. The Balaban J connectivity index is 1.01. The van der Waals surface area contributed by atoms with Gasteiger partial charge >= 0.3 is 0 Å². The predicted octanol–water partition coefficient (Wildman–Crippen LogP) is 17.9. The van der Waals surface area contributed by atoms with E-state index >= 15 is 0 Å². The van der Waals surface area contributed by atoms with E-state index in [2.05, 4.69) is 217 Å². The van der Waals surface area contributed by atoms with Crippen molar-refractivity contribution in [3.05, 3.63) is 237 Å². The van der Waals surface area contributed by atoms with E-state index in [-0.39, 0.29) is 0 Å². The number of fused-ring (bicyclic) bond motifs is 8. The van der Waals surface area contributed by atoms with Crippen LogP contribution in [-0.4, -0.2) is 0 Å². The predicted molar refractivity (Wildman–Crippen MR) is 272 cm³/mol. The van der Waals surface area contributed by atoms with Crippen molar-refractivity contribution >= 4 is 82.5 Å². The van der Waals surface area contributed by atoms with Crippen molar-refractivity contribution in [1.82, 2.24) is 0 Å². The van der Waals surface area contributed by atoms with Crippen molar-refractivity contribution in [3.8, 4) is 44.5 Å². The zero-order valence-electron chi connectivity index (χ0n) is 35.3. The highest BCUT2D eigenvalue weighted by atomic mass is 16.3. The number of anilines is 3. The maximum atomic E-state index is 6.44. The van der Waals surface area contributed by atoms with E-state index in [0.717, 1.165) is 88.8 Å². The number of nitrogens with zero attached hydrogens (tertiary/aromatic N) is 1. The van der Waals surface area contributed by atoms with Gasteiger partial charge in [-0.1, -0.05) is 146 Å². The summed E-state index contributed by atoms with van der Waals surface area (Å²) in [5.74, 6) is 0. The minimum Gasteiger partial charge on any atom is -0.456 e. The first-order valence-corrected chi connectivity index (χ1v) is 22.1. The van der Waals surface area contributed by atoms with Gasteiger partial charge in [0, 0.05) is 38.6 Å². The van der Waals surface area contributed by atoms with Crippen molar-refractivity contribution in [2.75, 3.05) is 4.90 Å². The Morgan fingerprint density at radius 2 is 0.554 bits per heavy atom. The summed E-state index contributed by atoms with van der Waals surface area (Å²) in [7, 11) is 0. The van der Waals surface area contributed by atoms with Crippen LogP contribution in [0, 0.1) is 0 Å². The number of benzene rings is 11. The van der Waals surface area contributed by atoms with Gasteiger partial charge in [-0.05, 0) is 157 Å². The third-order valence-corrected chi connectivity index (χ3v) is 13.0. The highest BCUT2D eigenvalue weighted by Gasteiger charge is 2.20. The molecule has 0 aliphatic rings. The van der Waals surface area contributed by atoms with Crippen LogP contribution in [-0.2, 0) is 0 Å². The fourth-order valence-corrected chi connectivity index (χ4v) is 10.0. The molecule has 0 atom stereocenters. The van der Waals surface area contributed by atoms with E-state index in [1.807, 2.05) is 24.3 Å². The minimum atomic E-state index is 0.876. The first-order valence-electron chi connectivity index (χ1n) is 22.1. The molecular weight excluding hydrogens is 791 g/mol. The highest BCUT2D eigenvalue weighted by Crippen LogP contribution is 2.47. The van der Waals surface area contributed by atoms with Crippen LogP contribution in [0.4, 0.5) is 17.1 Å². The normalized spacial score (nSPS) is 11.7. The Morgan fingerprint density at radius 3 is 1.02 bits per heavy atom. The van der Waals surface area contributed by atoms with Crippen LogP contribution in [0.1, 0.15) is 0 Å². The second-order valence-corrected chi connectivity index (χ2v) is 16.8. The average molecular weight is 830 g/mol. The van der Waals surface area contributed by atoms with Crippen LogP contribution in [0.3, 0.4) is 0 Å². The standard InChI is InChI=1S/C62H39NO2/c1-3-15-46(16-4-1)63(47-17-5-2-6-18-47)48-31-27-40(28-32-48)61-53-21-7-9-23-55(53)62(56-24-10-8-22-54(56)61)45-36-43(41-29-33-51-49-19-11-13-25-57(49)64-59(51)38-41)35-44(37-45)42-30-34-52-50-20-12-14-26-58(50)65-60(52)39-42/h1-39H. The largest absolute Gasteiger partial charge is 0.456 e. The van der Waals surface area contributed by atoms with Gasteiger partial charge in [-0.15, -0.1) is 0 Å². The van der Waals surface area contributed by atoms with E-state index in [9.17, 15) is 0 Å². The van der Waals surface area contributed by atoms with Crippen LogP contribution in [0.25, 0.3) is 110 Å². The molecule has 0 saturated carbocycles. The summed E-state index contributed by atoms with van der Waals surface area (Å²) < 4.78 is 12.9. The van der Waals surface area contributed by atoms with E-state index in [1.54, 1.807) is 0 Å². The topological polar surface area (TPSA) is 29.5 Å². The third-order valence-electron chi connectivity index (χ3n) is 13.0. The molecule has 3 nitrogen and oxygen atoms in total. The first kappa shape index (κ1) is 36.9. The van der Waals surface area contributed by atoms with Crippen LogP contribution in [0.15, 0.2) is 245 Å². The maximum Gasteiger partial charge on any atom is 0.136 e. The van der Waals surface area contributed by atoms with Crippen LogP contribution in [0.5, 0.6) is 0 Å². The third kappa shape index (κ3) is 6.20. The molecule has 0 saturated heterocycles. The van der Waals surface area contributed by atoms with Gasteiger partial charge in [-0.25, -0.2) is 0 Å². The van der Waals surface area contributed by atoms with Gasteiger partial charge in [0.2, 0.25) is 0 Å². The number of hydrogen-bond acceptors (Lipinski definition) is 3. The smallest absolute Gasteiger partial charge is 0.136 e. The van der Waals surface area contributed by atoms with E-state index in [0.29, 0.717) is 0 Å². The van der Waals surface area contributed by atoms with Crippen LogP contribution in [0.2, 0.25) is 0 Å². The number of furan rings is 2. The quantitative estimate of drug-likeness (QED) is 0.150. The lowest BCUT2D eigenvalue weighted by molar-refractivity contribution is 0.668. The molecule has 13 rings (SSSR count). The molecule has 0 aliphatic heterocycles. The van der Waals surface area contributed by atoms with Gasteiger partial charge in [0.05, 0.1) is 0 Å². The molecular formula is C62H39NO2. The number of para-hydroxylation sites is 4. The average Bonchev–Trinajstić information content (AvgIpc) is 3.94. The monoisotopic (exact) mass is 829 g/mol. The molecule has 65 heavy (non-hydrogen) atoms. The molecule has 0 N–H and O–H groups in total. The lowest BCUT2D eigenvalue weighted by atomic mass is 9.84. The summed E-state index contributed by atoms with van der Waals surface area (Å²) in [4.78, 5) is 2.31. The molecule has 0 fully saturated rings. The second-order valence-electron chi connectivity index (χ2n) is 16.8. The van der Waals surface area contributed by atoms with Gasteiger partial charge in [-0.2, -0.15) is 0 Å². The Morgan fingerprint density at radius 1 is 0.215 bits per heavy atom. The molecule has 11 aromatic carbocycles. The molecule has 13 aromatic rings. The zero-order chi connectivity index (χ0) is 42.8. The van der Waals surface area contributed by atoms with Crippen molar-refractivity contribution in [2.45, 2.75) is 0 Å². The van der Waals surface area contributed by atoms with Gasteiger partial charge in [0.25, 0.3) is 0 Å². The van der Waals surface area contributed by atoms with Crippen molar-refractivity contribution in [1.29, 1.82) is 0 Å². The SMILES string of the molecule is c1ccc(N(c2ccccc2)c2ccc(-c3c4ccccc4c(-c4cc(-c5ccc6c(c5)oc5ccccc56)cc(-c5ccc6c(c5)oc5ccccc56)c4)c4ccccc34)cc2)cc1. The lowest BCUT2D eigenvalue weighted by Gasteiger charge is -2.25. The highest BCUT2D eigenvalue weighted by molar-refractivity contribution is 6.22. The zero-order valence-corrected chi connectivity index (χ0v) is 35.3. The van der Waals surface area contributed by atoms with Gasteiger partial charge in [0.15, 0.2) is 0 Å². The molecule has 304 valence electrons. The van der Waals surface area contributed by atoms with E-state index in [1.165, 1.54) is 38.2 Å². The molecule has 0 bridgehead atoms. The fourth-order valence-electron chi connectivity index (χ4n) is 10.0. The van der Waals surface area contributed by atoms with E-state index in [4.69, 9.17) is 8.83 Å². The Kier molecular flexibility index (Phi) is 8.53. The van der Waals surface area contributed by atoms with Crippen molar-refractivity contribution in [3.63, 3.8) is 0 Å². The molecule has 2 heterocycles. The van der Waals surface area contributed by atoms with Crippen molar-refractivity contribution in [2.24, 2.45) is 0 Å². The van der Waals surface area contributed by atoms with Crippen molar-refractivity contribution < 1.29 is 8.83 Å². The Labute approximate surface area is 375 Å². The van der Waals surface area contributed by atoms with Gasteiger partial charge in [-0.3, -0.25) is 0 Å². The summed E-state index contributed by atoms with van der Waals surface area (Å²) in [6, 6.07) is 84.8. The van der Waals surface area contributed by atoms with Gasteiger partial charge in [0.1, 0.15) is 22.3 Å². The molecule has 2 aromatic heterocycles. The fraction of sp³-hybridized carbons (Fsp3) is 0. The van der Waals surface area contributed by atoms with Crippen LogP contribution >= 0.6 is 0 Å². The first-order chi connectivity index (χ1) is 32.2. The molecule has 3 heteroatoms. The van der Waals surface area contributed by atoms with Gasteiger partial charge < -0.3 is 13.7 Å². The molecule has 0 amide bonds. The molecule has 0 aliphatic carbocycles. The number of hydrogen-bond donors (Lipinski definition) is 0. The lowest BCUT2D eigenvalue weighted by Crippen LogP contribution is -2.09. The summed E-state index contributed by atoms with van der Waals surface area (Å²) in [5.41, 5.74) is 16.0. The maximum absolute atomic E-state index is 6.44. The summed E-state index contributed by atoms with van der Waals surface area (Å²) in [6.07, 6.45) is 0. The Hall–Kier alpha value is -8.66. The summed E-state index contributed by atoms with van der Waals surface area (Å²) in [5, 5.41) is 9.29. The molecule has 0 spiro atoms. The molecule has 0 unspecified atom stereocenters. The van der Waals surface area contributed by atoms with E-state index < -0.39 is 0 Å². The Bertz CT molecular complexity index is 3710. The summed E-state index contributed by atoms with van der Waals surface area (Å²) in [6.45, 7) is 0. The summed E-state index contributed by atoms with van der Waals surface area (Å²) >= 11 is 0. The number of rotatable bonds is 7. The van der Waals surface area contributed by atoms with Crippen LogP contribution < -0.4 is 4.90 Å². The second kappa shape index (κ2) is 15.0. The minimum absolute atomic E-state index is 0.876.